The summed E-state index contributed by atoms with van der Waals surface area (Å²) in [6.45, 7) is 2.85. The molecule has 24 heavy (non-hydrogen) atoms. The number of hydrogen-bond donors (Lipinski definition) is 1. The quantitative estimate of drug-likeness (QED) is 0.620. The van der Waals surface area contributed by atoms with Crippen LogP contribution in [0.15, 0.2) is 67.5 Å². The Kier molecular flexibility index (Phi) is 3.67. The summed E-state index contributed by atoms with van der Waals surface area (Å²) in [5.41, 5.74) is 4.34. The van der Waals surface area contributed by atoms with Gasteiger partial charge >= 0.3 is 0 Å². The number of aromatic nitrogens is 4. The predicted molar refractivity (Wildman–Crippen MR) is 95.3 cm³/mol. The van der Waals surface area contributed by atoms with Gasteiger partial charge in [0.1, 0.15) is 12.1 Å². The molecule has 0 atom stereocenters. The van der Waals surface area contributed by atoms with Gasteiger partial charge in [0.05, 0.1) is 11.8 Å². The molecule has 0 spiro atoms. The van der Waals surface area contributed by atoms with Gasteiger partial charge < -0.3 is 9.88 Å². The van der Waals surface area contributed by atoms with Gasteiger partial charge in [0, 0.05) is 30.0 Å². The van der Waals surface area contributed by atoms with E-state index in [1.807, 2.05) is 35.3 Å². The van der Waals surface area contributed by atoms with Crippen LogP contribution in [0.1, 0.15) is 11.1 Å². The highest BCUT2D eigenvalue weighted by molar-refractivity contribution is 5.91. The van der Waals surface area contributed by atoms with Gasteiger partial charge in [-0.2, -0.15) is 0 Å². The van der Waals surface area contributed by atoms with E-state index in [9.17, 15) is 0 Å². The highest BCUT2D eigenvalue weighted by Gasteiger charge is 2.06. The van der Waals surface area contributed by atoms with E-state index in [2.05, 4.69) is 51.5 Å². The van der Waals surface area contributed by atoms with E-state index in [4.69, 9.17) is 0 Å². The standard InChI is InChI=1S/C19H17N5/c1-14-3-2-4-16(9-14)23-19-17-10-15(11-24-8-7-20-13-24)5-6-18(17)21-12-22-19/h2-10,12-13H,11H2,1H3,(H,21,22,23). The Balaban J connectivity index is 1.72. The van der Waals surface area contributed by atoms with Crippen molar-refractivity contribution in [3.63, 3.8) is 0 Å². The van der Waals surface area contributed by atoms with Crippen LogP contribution in [0.3, 0.4) is 0 Å². The summed E-state index contributed by atoms with van der Waals surface area (Å²) < 4.78 is 2.04. The Morgan fingerprint density at radius 2 is 2.04 bits per heavy atom. The van der Waals surface area contributed by atoms with Gasteiger partial charge in [-0.25, -0.2) is 15.0 Å². The van der Waals surface area contributed by atoms with Crippen molar-refractivity contribution in [2.75, 3.05) is 5.32 Å². The van der Waals surface area contributed by atoms with Crippen LogP contribution in [0, 0.1) is 6.92 Å². The maximum atomic E-state index is 4.43. The molecule has 118 valence electrons. The summed E-state index contributed by atoms with van der Waals surface area (Å²) >= 11 is 0. The Hall–Kier alpha value is -3.21. The number of nitrogens with zero attached hydrogens (tertiary/aromatic N) is 4. The molecule has 2 aromatic carbocycles. The highest BCUT2D eigenvalue weighted by atomic mass is 15.0. The lowest BCUT2D eigenvalue weighted by Gasteiger charge is -2.10. The molecule has 0 saturated heterocycles. The maximum absolute atomic E-state index is 4.43. The third kappa shape index (κ3) is 2.96. The molecule has 4 rings (SSSR count). The van der Waals surface area contributed by atoms with Crippen molar-refractivity contribution in [2.24, 2.45) is 0 Å². The summed E-state index contributed by atoms with van der Waals surface area (Å²) in [4.78, 5) is 12.9. The molecule has 4 aromatic rings. The van der Waals surface area contributed by atoms with Gasteiger partial charge in [-0.3, -0.25) is 0 Å². The molecule has 0 aliphatic heterocycles. The Morgan fingerprint density at radius 3 is 2.88 bits per heavy atom. The first-order chi connectivity index (χ1) is 11.8. The number of benzene rings is 2. The van der Waals surface area contributed by atoms with E-state index in [0.717, 1.165) is 29.0 Å². The van der Waals surface area contributed by atoms with Gasteiger partial charge in [0.25, 0.3) is 0 Å². The molecule has 5 nitrogen and oxygen atoms in total. The van der Waals surface area contributed by atoms with Crippen LogP contribution in [0.2, 0.25) is 0 Å². The number of hydrogen-bond acceptors (Lipinski definition) is 4. The van der Waals surface area contributed by atoms with Crippen molar-refractivity contribution in [3.05, 3.63) is 78.6 Å². The van der Waals surface area contributed by atoms with E-state index >= 15 is 0 Å². The van der Waals surface area contributed by atoms with Crippen LogP contribution in [-0.2, 0) is 6.54 Å². The van der Waals surface area contributed by atoms with Crippen LogP contribution >= 0.6 is 0 Å². The first-order valence-corrected chi connectivity index (χ1v) is 7.81. The van der Waals surface area contributed by atoms with Crippen molar-refractivity contribution < 1.29 is 0 Å². The maximum Gasteiger partial charge on any atom is 0.141 e. The number of rotatable bonds is 4. The molecule has 0 amide bonds. The van der Waals surface area contributed by atoms with E-state index in [1.165, 1.54) is 11.1 Å². The fourth-order valence-electron chi connectivity index (χ4n) is 2.75. The number of fused-ring (bicyclic) bond motifs is 1. The number of aryl methyl sites for hydroxylation is 1. The minimum Gasteiger partial charge on any atom is -0.340 e. The van der Waals surface area contributed by atoms with Gasteiger partial charge in [-0.1, -0.05) is 18.2 Å². The Labute approximate surface area is 140 Å². The number of anilines is 2. The number of imidazole rings is 1. The fourth-order valence-corrected chi connectivity index (χ4v) is 2.75. The smallest absolute Gasteiger partial charge is 0.141 e. The molecule has 5 heteroatoms. The van der Waals surface area contributed by atoms with Crippen LogP contribution in [0.4, 0.5) is 11.5 Å². The third-order valence-corrected chi connectivity index (χ3v) is 3.90. The van der Waals surface area contributed by atoms with Crippen molar-refractivity contribution in [2.45, 2.75) is 13.5 Å². The zero-order valence-corrected chi connectivity index (χ0v) is 13.3. The molecular formula is C19H17N5. The van der Waals surface area contributed by atoms with Crippen molar-refractivity contribution >= 4 is 22.4 Å². The van der Waals surface area contributed by atoms with E-state index in [0.29, 0.717) is 0 Å². The molecule has 0 aliphatic carbocycles. The predicted octanol–water partition coefficient (Wildman–Crippen LogP) is 3.93. The Morgan fingerprint density at radius 1 is 1.08 bits per heavy atom. The molecule has 2 heterocycles. The lowest BCUT2D eigenvalue weighted by Crippen LogP contribution is -1.99. The molecule has 1 N–H and O–H groups in total. The zero-order valence-electron chi connectivity index (χ0n) is 13.3. The Bertz CT molecular complexity index is 976. The van der Waals surface area contributed by atoms with E-state index < -0.39 is 0 Å². The van der Waals surface area contributed by atoms with Crippen molar-refractivity contribution in [3.8, 4) is 0 Å². The molecule has 0 fully saturated rings. The van der Waals surface area contributed by atoms with Crippen LogP contribution in [-0.4, -0.2) is 19.5 Å². The van der Waals surface area contributed by atoms with Crippen LogP contribution in [0.25, 0.3) is 10.9 Å². The largest absolute Gasteiger partial charge is 0.340 e. The van der Waals surface area contributed by atoms with Gasteiger partial charge in [0.2, 0.25) is 0 Å². The summed E-state index contributed by atoms with van der Waals surface area (Å²) in [7, 11) is 0. The van der Waals surface area contributed by atoms with Gasteiger partial charge in [0.15, 0.2) is 0 Å². The highest BCUT2D eigenvalue weighted by Crippen LogP contribution is 2.24. The van der Waals surface area contributed by atoms with Gasteiger partial charge in [-0.15, -0.1) is 0 Å². The SMILES string of the molecule is Cc1cccc(Nc2ncnc3ccc(Cn4ccnc4)cc23)c1. The molecule has 0 radical (unpaired) electrons. The van der Waals surface area contributed by atoms with Crippen molar-refractivity contribution in [1.29, 1.82) is 0 Å². The lowest BCUT2D eigenvalue weighted by atomic mass is 10.1. The normalized spacial score (nSPS) is 10.9. The first kappa shape index (κ1) is 14.4. The monoisotopic (exact) mass is 315 g/mol. The van der Waals surface area contributed by atoms with Crippen LogP contribution < -0.4 is 5.32 Å². The second-order valence-electron chi connectivity index (χ2n) is 5.80. The molecule has 0 unspecified atom stereocenters. The first-order valence-electron chi connectivity index (χ1n) is 7.81. The second kappa shape index (κ2) is 6.12. The zero-order chi connectivity index (χ0) is 16.4. The van der Waals surface area contributed by atoms with Crippen molar-refractivity contribution in [1.82, 2.24) is 19.5 Å². The summed E-state index contributed by atoms with van der Waals surface area (Å²) in [5, 5.41) is 4.41. The molecule has 0 aliphatic rings. The molecular weight excluding hydrogens is 298 g/mol. The summed E-state index contributed by atoms with van der Waals surface area (Å²) in [6, 6.07) is 14.5. The second-order valence-corrected chi connectivity index (χ2v) is 5.80. The molecule has 0 bridgehead atoms. The number of nitrogens with one attached hydrogen (secondary N) is 1. The molecule has 0 saturated carbocycles. The third-order valence-electron chi connectivity index (χ3n) is 3.90. The topological polar surface area (TPSA) is 55.6 Å². The minimum atomic E-state index is 0.773. The summed E-state index contributed by atoms with van der Waals surface area (Å²) in [5.74, 6) is 0.818. The van der Waals surface area contributed by atoms with E-state index in [-0.39, 0.29) is 0 Å². The average Bonchev–Trinajstić information content (AvgIpc) is 3.08. The van der Waals surface area contributed by atoms with Gasteiger partial charge in [-0.05, 0) is 42.3 Å². The fraction of sp³-hybridized carbons (Fsp3) is 0.105. The van der Waals surface area contributed by atoms with E-state index in [1.54, 1.807) is 12.5 Å². The lowest BCUT2D eigenvalue weighted by molar-refractivity contribution is 0.798. The summed E-state index contributed by atoms with van der Waals surface area (Å²) in [6.07, 6.45) is 7.15. The minimum absolute atomic E-state index is 0.773. The molecule has 2 aromatic heterocycles. The van der Waals surface area contributed by atoms with Crippen LogP contribution in [0.5, 0.6) is 0 Å². The average molecular weight is 315 g/mol.